The number of aryl methyl sites for hydroxylation is 1. The number of fused-ring (bicyclic) bond motifs is 1. The lowest BCUT2D eigenvalue weighted by Crippen LogP contribution is -2.12. The highest BCUT2D eigenvalue weighted by molar-refractivity contribution is 6.30. The molecule has 64 valence electrons. The molecule has 0 aliphatic carbocycles. The molecular weight excluding hydrogens is 172 g/mol. The summed E-state index contributed by atoms with van der Waals surface area (Å²) in [6.07, 6.45) is 2.20. The van der Waals surface area contributed by atoms with E-state index in [9.17, 15) is 0 Å². The van der Waals surface area contributed by atoms with Gasteiger partial charge in [0.05, 0.1) is 0 Å². The molecule has 0 saturated carbocycles. The molecule has 1 aliphatic heterocycles. The number of nitrogens with zero attached hydrogens (tertiary/aromatic N) is 1. The minimum atomic E-state index is 0.664. The molecule has 0 saturated heterocycles. The maximum Gasteiger partial charge on any atom is 0.134 e. The molecule has 2 rings (SSSR count). The second-order valence-electron chi connectivity index (χ2n) is 3.11. The number of hydrogen-bond acceptors (Lipinski definition) is 2. The molecule has 0 atom stereocenters. The maximum atomic E-state index is 6.00. The van der Waals surface area contributed by atoms with E-state index in [1.54, 1.807) is 0 Å². The van der Waals surface area contributed by atoms with Crippen LogP contribution in [0, 0.1) is 6.92 Å². The van der Waals surface area contributed by atoms with Gasteiger partial charge in [0.25, 0.3) is 0 Å². The Kier molecular flexibility index (Phi) is 1.93. The molecule has 0 bridgehead atoms. The zero-order valence-corrected chi connectivity index (χ0v) is 7.78. The average molecular weight is 183 g/mol. The maximum absolute atomic E-state index is 6.00. The molecule has 1 aromatic rings. The fraction of sp³-hybridized carbons (Fsp3) is 0.444. The number of rotatable bonds is 0. The molecule has 0 unspecified atom stereocenters. The minimum absolute atomic E-state index is 0.664. The predicted octanol–water partition coefficient (Wildman–Crippen LogP) is 2.40. The number of hydrogen-bond donors (Lipinski definition) is 1. The van der Waals surface area contributed by atoms with E-state index < -0.39 is 0 Å². The van der Waals surface area contributed by atoms with E-state index >= 15 is 0 Å². The summed E-state index contributed by atoms with van der Waals surface area (Å²) in [7, 11) is 0. The van der Waals surface area contributed by atoms with E-state index in [0.717, 1.165) is 25.1 Å². The van der Waals surface area contributed by atoms with Gasteiger partial charge < -0.3 is 5.32 Å². The summed E-state index contributed by atoms with van der Waals surface area (Å²) in [6.45, 7) is 3.01. The Labute approximate surface area is 77.0 Å². The first-order valence-corrected chi connectivity index (χ1v) is 4.55. The van der Waals surface area contributed by atoms with Crippen LogP contribution < -0.4 is 5.32 Å². The molecule has 1 aliphatic rings. The molecule has 0 aromatic carbocycles. The van der Waals surface area contributed by atoms with Gasteiger partial charge in [-0.25, -0.2) is 4.98 Å². The van der Waals surface area contributed by atoms with Gasteiger partial charge in [0, 0.05) is 23.5 Å². The highest BCUT2D eigenvalue weighted by Gasteiger charge is 2.12. The Hall–Kier alpha value is -0.760. The van der Waals surface area contributed by atoms with Gasteiger partial charge in [-0.3, -0.25) is 0 Å². The fourth-order valence-corrected chi connectivity index (χ4v) is 1.88. The summed E-state index contributed by atoms with van der Waals surface area (Å²) in [5, 5.41) is 3.98. The number of nitrogens with one attached hydrogen (secondary N) is 1. The Morgan fingerprint density at radius 3 is 3.25 bits per heavy atom. The third-order valence-corrected chi connectivity index (χ3v) is 2.43. The number of anilines is 1. The molecule has 0 radical (unpaired) electrons. The van der Waals surface area contributed by atoms with Gasteiger partial charge in [-0.1, -0.05) is 11.6 Å². The van der Waals surface area contributed by atoms with Crippen molar-refractivity contribution in [3.63, 3.8) is 0 Å². The Morgan fingerprint density at radius 2 is 2.42 bits per heavy atom. The van der Waals surface area contributed by atoms with Crippen LogP contribution in [0.3, 0.4) is 0 Å². The van der Waals surface area contributed by atoms with E-state index in [2.05, 4.69) is 16.4 Å². The standard InChI is InChI=1S/C9H11ClN2/c1-6-5-8-7(9(10)12-6)3-2-4-11-8/h5,11H,2-4H2,1H3. The van der Waals surface area contributed by atoms with Crippen molar-refractivity contribution in [2.75, 3.05) is 11.9 Å². The SMILES string of the molecule is Cc1cc2c(c(Cl)n1)CCCN2. The molecule has 3 heteroatoms. The first-order chi connectivity index (χ1) is 5.77. The molecule has 0 amide bonds. The molecule has 12 heavy (non-hydrogen) atoms. The Balaban J connectivity index is 2.53. The van der Waals surface area contributed by atoms with Crippen LogP contribution in [0.4, 0.5) is 5.69 Å². The first-order valence-electron chi connectivity index (χ1n) is 4.17. The molecule has 1 aromatic heterocycles. The number of halogens is 1. The van der Waals surface area contributed by atoms with Crippen LogP contribution in [0.5, 0.6) is 0 Å². The van der Waals surface area contributed by atoms with Crippen LogP contribution in [0.2, 0.25) is 5.15 Å². The zero-order chi connectivity index (χ0) is 8.55. The lowest BCUT2D eigenvalue weighted by Gasteiger charge is -2.18. The van der Waals surface area contributed by atoms with Crippen LogP contribution in [-0.2, 0) is 6.42 Å². The third-order valence-electron chi connectivity index (χ3n) is 2.12. The van der Waals surface area contributed by atoms with Crippen LogP contribution >= 0.6 is 11.6 Å². The lowest BCUT2D eigenvalue weighted by molar-refractivity contribution is 0.822. The van der Waals surface area contributed by atoms with Crippen molar-refractivity contribution in [1.29, 1.82) is 0 Å². The summed E-state index contributed by atoms with van der Waals surface area (Å²) in [5.74, 6) is 0. The minimum Gasteiger partial charge on any atom is -0.385 e. The highest BCUT2D eigenvalue weighted by atomic mass is 35.5. The molecule has 0 fully saturated rings. The molecular formula is C9H11ClN2. The third kappa shape index (κ3) is 1.27. The normalized spacial score (nSPS) is 15.2. The fourth-order valence-electron chi connectivity index (χ4n) is 1.55. The second kappa shape index (κ2) is 2.94. The zero-order valence-electron chi connectivity index (χ0n) is 7.02. The Bertz CT molecular complexity index is 310. The van der Waals surface area contributed by atoms with Crippen LogP contribution in [0.15, 0.2) is 6.07 Å². The van der Waals surface area contributed by atoms with E-state index in [4.69, 9.17) is 11.6 Å². The number of aromatic nitrogens is 1. The van der Waals surface area contributed by atoms with E-state index in [1.165, 1.54) is 11.3 Å². The van der Waals surface area contributed by atoms with Gasteiger partial charge in [-0.15, -0.1) is 0 Å². The van der Waals surface area contributed by atoms with E-state index in [-0.39, 0.29) is 0 Å². The summed E-state index contributed by atoms with van der Waals surface area (Å²) in [4.78, 5) is 4.21. The van der Waals surface area contributed by atoms with E-state index in [0.29, 0.717) is 5.15 Å². The van der Waals surface area contributed by atoms with Gasteiger partial charge in [0.2, 0.25) is 0 Å². The van der Waals surface area contributed by atoms with Crippen LogP contribution in [0.25, 0.3) is 0 Å². The molecule has 1 N–H and O–H groups in total. The predicted molar refractivity (Wildman–Crippen MR) is 50.8 cm³/mol. The van der Waals surface area contributed by atoms with Crippen molar-refractivity contribution in [2.24, 2.45) is 0 Å². The van der Waals surface area contributed by atoms with Crippen molar-refractivity contribution in [3.05, 3.63) is 22.5 Å². The summed E-state index contributed by atoms with van der Waals surface area (Å²) < 4.78 is 0. The van der Waals surface area contributed by atoms with Crippen molar-refractivity contribution in [3.8, 4) is 0 Å². The molecule has 0 spiro atoms. The summed E-state index contributed by atoms with van der Waals surface area (Å²) >= 11 is 6.00. The van der Waals surface area contributed by atoms with Crippen molar-refractivity contribution in [1.82, 2.24) is 4.98 Å². The summed E-state index contributed by atoms with van der Waals surface area (Å²) in [5.41, 5.74) is 3.32. The average Bonchev–Trinajstić information content (AvgIpc) is 2.04. The first kappa shape index (κ1) is 7.87. The Morgan fingerprint density at radius 1 is 1.58 bits per heavy atom. The number of pyridine rings is 1. The van der Waals surface area contributed by atoms with Crippen molar-refractivity contribution < 1.29 is 0 Å². The topological polar surface area (TPSA) is 24.9 Å². The van der Waals surface area contributed by atoms with Crippen LogP contribution in [-0.4, -0.2) is 11.5 Å². The van der Waals surface area contributed by atoms with Crippen molar-refractivity contribution in [2.45, 2.75) is 19.8 Å². The molecule has 2 heterocycles. The van der Waals surface area contributed by atoms with Gasteiger partial charge in [-0.2, -0.15) is 0 Å². The molecule has 2 nitrogen and oxygen atoms in total. The van der Waals surface area contributed by atoms with Gasteiger partial charge in [-0.05, 0) is 25.8 Å². The van der Waals surface area contributed by atoms with E-state index in [1.807, 2.05) is 6.92 Å². The largest absolute Gasteiger partial charge is 0.385 e. The quantitative estimate of drug-likeness (QED) is 0.624. The lowest BCUT2D eigenvalue weighted by atomic mass is 10.1. The smallest absolute Gasteiger partial charge is 0.134 e. The van der Waals surface area contributed by atoms with Gasteiger partial charge >= 0.3 is 0 Å². The van der Waals surface area contributed by atoms with Gasteiger partial charge in [0.1, 0.15) is 5.15 Å². The second-order valence-corrected chi connectivity index (χ2v) is 3.47. The summed E-state index contributed by atoms with van der Waals surface area (Å²) in [6, 6.07) is 2.06. The van der Waals surface area contributed by atoms with Crippen molar-refractivity contribution >= 4 is 17.3 Å². The highest BCUT2D eigenvalue weighted by Crippen LogP contribution is 2.27. The van der Waals surface area contributed by atoms with Crippen LogP contribution in [0.1, 0.15) is 17.7 Å². The van der Waals surface area contributed by atoms with Gasteiger partial charge in [0.15, 0.2) is 0 Å². The monoisotopic (exact) mass is 182 g/mol.